The summed E-state index contributed by atoms with van der Waals surface area (Å²) >= 11 is 3.37. The average Bonchev–Trinajstić information content (AvgIpc) is 3.09. The molecule has 4 nitrogen and oxygen atoms in total. The first kappa shape index (κ1) is 24.7. The number of hydrogen-bond acceptors (Lipinski definition) is 5. The number of thioether (sulfide) groups is 1. The lowest BCUT2D eigenvalue weighted by Crippen LogP contribution is -2.33. The Hall–Kier alpha value is -1.60. The zero-order valence-corrected chi connectivity index (χ0v) is 20.7. The highest BCUT2D eigenvalue weighted by Crippen LogP contribution is 2.33. The van der Waals surface area contributed by atoms with Gasteiger partial charge in [-0.25, -0.2) is 4.98 Å². The van der Waals surface area contributed by atoms with Crippen LogP contribution in [0.3, 0.4) is 0 Å². The molecular formula is C23H30ClN3OS2. The van der Waals surface area contributed by atoms with Gasteiger partial charge in [-0.3, -0.25) is 9.69 Å². The van der Waals surface area contributed by atoms with E-state index in [1.165, 1.54) is 11.1 Å². The van der Waals surface area contributed by atoms with E-state index >= 15 is 0 Å². The van der Waals surface area contributed by atoms with E-state index in [1.807, 2.05) is 23.1 Å². The van der Waals surface area contributed by atoms with E-state index in [-0.39, 0.29) is 18.3 Å². The Bertz CT molecular complexity index is 1000. The largest absolute Gasteiger partial charge is 0.309 e. The summed E-state index contributed by atoms with van der Waals surface area (Å²) in [4.78, 5) is 23.5. The molecule has 0 aliphatic carbocycles. The standard InChI is InChI=1S/C23H29N3OS2.ClH/c1-6-28-19-10-7-9-18(15-19)22(27)26(12-8-11-25(4)5)23-24-20-14-16(2)13-17(3)21(20)29-23;/h7,9-10,13-15H,6,8,11-12H2,1-5H3;1H. The molecule has 1 amide bonds. The molecule has 0 aliphatic heterocycles. The van der Waals surface area contributed by atoms with Gasteiger partial charge in [0.2, 0.25) is 0 Å². The van der Waals surface area contributed by atoms with Crippen molar-refractivity contribution in [2.45, 2.75) is 32.1 Å². The first-order valence-electron chi connectivity index (χ1n) is 9.96. The molecule has 3 aromatic rings. The summed E-state index contributed by atoms with van der Waals surface area (Å²) in [6.45, 7) is 7.90. The molecule has 7 heteroatoms. The van der Waals surface area contributed by atoms with Crippen molar-refractivity contribution in [3.05, 3.63) is 53.1 Å². The van der Waals surface area contributed by atoms with Crippen LogP contribution in [0.4, 0.5) is 5.13 Å². The summed E-state index contributed by atoms with van der Waals surface area (Å²) in [5.74, 6) is 1.01. The molecule has 0 radical (unpaired) electrons. The number of anilines is 1. The van der Waals surface area contributed by atoms with Crippen molar-refractivity contribution >= 4 is 56.8 Å². The van der Waals surface area contributed by atoms with Crippen LogP contribution in [0, 0.1) is 13.8 Å². The Morgan fingerprint density at radius 3 is 2.60 bits per heavy atom. The van der Waals surface area contributed by atoms with Crippen LogP contribution in [0.2, 0.25) is 0 Å². The Morgan fingerprint density at radius 2 is 1.90 bits per heavy atom. The average molecular weight is 464 g/mol. The zero-order chi connectivity index (χ0) is 21.0. The maximum absolute atomic E-state index is 13.5. The second-order valence-electron chi connectivity index (χ2n) is 7.50. The van der Waals surface area contributed by atoms with Gasteiger partial charge < -0.3 is 4.90 Å². The third-order valence-electron chi connectivity index (χ3n) is 4.66. The second kappa shape index (κ2) is 11.1. The smallest absolute Gasteiger partial charge is 0.260 e. The predicted molar refractivity (Wildman–Crippen MR) is 134 cm³/mol. The van der Waals surface area contributed by atoms with Gasteiger partial charge in [0.1, 0.15) is 0 Å². The van der Waals surface area contributed by atoms with Gasteiger partial charge in [-0.1, -0.05) is 30.4 Å². The van der Waals surface area contributed by atoms with Gasteiger partial charge in [0, 0.05) is 17.0 Å². The highest BCUT2D eigenvalue weighted by molar-refractivity contribution is 7.99. The van der Waals surface area contributed by atoms with Gasteiger partial charge in [-0.15, -0.1) is 24.2 Å². The van der Waals surface area contributed by atoms with Crippen LogP contribution in [0.25, 0.3) is 10.2 Å². The van der Waals surface area contributed by atoms with E-state index in [0.29, 0.717) is 6.54 Å². The minimum Gasteiger partial charge on any atom is -0.309 e. The topological polar surface area (TPSA) is 36.4 Å². The van der Waals surface area contributed by atoms with E-state index in [4.69, 9.17) is 4.98 Å². The number of halogens is 1. The zero-order valence-electron chi connectivity index (χ0n) is 18.3. The summed E-state index contributed by atoms with van der Waals surface area (Å²) < 4.78 is 1.16. The Morgan fingerprint density at radius 1 is 1.13 bits per heavy atom. The molecule has 2 aromatic carbocycles. The first-order valence-corrected chi connectivity index (χ1v) is 11.8. The van der Waals surface area contributed by atoms with E-state index in [9.17, 15) is 4.79 Å². The lowest BCUT2D eigenvalue weighted by Gasteiger charge is -2.21. The van der Waals surface area contributed by atoms with Crippen LogP contribution in [0.15, 0.2) is 41.3 Å². The van der Waals surface area contributed by atoms with Gasteiger partial charge in [-0.2, -0.15) is 0 Å². The van der Waals surface area contributed by atoms with Crippen molar-refractivity contribution in [3.8, 4) is 0 Å². The molecule has 1 heterocycles. The minimum atomic E-state index is 0. The number of nitrogens with zero attached hydrogens (tertiary/aromatic N) is 3. The fraction of sp³-hybridized carbons (Fsp3) is 0.391. The lowest BCUT2D eigenvalue weighted by molar-refractivity contribution is 0.0986. The molecule has 3 rings (SSSR count). The van der Waals surface area contributed by atoms with Crippen LogP contribution in [0.5, 0.6) is 0 Å². The van der Waals surface area contributed by atoms with Crippen molar-refractivity contribution < 1.29 is 4.79 Å². The van der Waals surface area contributed by atoms with E-state index in [1.54, 1.807) is 23.1 Å². The van der Waals surface area contributed by atoms with Gasteiger partial charge in [0.05, 0.1) is 10.2 Å². The number of fused-ring (bicyclic) bond motifs is 1. The summed E-state index contributed by atoms with van der Waals surface area (Å²) in [7, 11) is 4.11. The molecule has 0 spiro atoms. The minimum absolute atomic E-state index is 0. The van der Waals surface area contributed by atoms with Crippen LogP contribution >= 0.6 is 35.5 Å². The number of rotatable bonds is 8. The monoisotopic (exact) mass is 463 g/mol. The van der Waals surface area contributed by atoms with Gasteiger partial charge in [0.25, 0.3) is 5.91 Å². The molecule has 162 valence electrons. The number of amides is 1. The molecule has 0 atom stereocenters. The number of benzene rings is 2. The van der Waals surface area contributed by atoms with Crippen molar-refractivity contribution in [2.75, 3.05) is 37.8 Å². The number of thiazole rings is 1. The molecule has 0 saturated carbocycles. The fourth-order valence-electron chi connectivity index (χ4n) is 3.35. The molecule has 1 aromatic heterocycles. The maximum atomic E-state index is 13.5. The van der Waals surface area contributed by atoms with Crippen molar-refractivity contribution in [3.63, 3.8) is 0 Å². The summed E-state index contributed by atoms with van der Waals surface area (Å²) in [6, 6.07) is 12.2. The number of hydrogen-bond donors (Lipinski definition) is 0. The normalized spacial score (nSPS) is 11.0. The van der Waals surface area contributed by atoms with Crippen molar-refractivity contribution in [2.24, 2.45) is 0 Å². The van der Waals surface area contributed by atoms with Crippen molar-refractivity contribution in [1.29, 1.82) is 0 Å². The predicted octanol–water partition coefficient (Wildman–Crippen LogP) is 6.05. The molecule has 0 bridgehead atoms. The Kier molecular flexibility index (Phi) is 9.16. The van der Waals surface area contributed by atoms with Crippen LogP contribution in [0.1, 0.15) is 34.8 Å². The second-order valence-corrected chi connectivity index (χ2v) is 9.82. The van der Waals surface area contributed by atoms with E-state index in [0.717, 1.165) is 44.5 Å². The Labute approximate surface area is 194 Å². The van der Waals surface area contributed by atoms with Gasteiger partial charge in [0.15, 0.2) is 5.13 Å². The molecular weight excluding hydrogens is 434 g/mol. The Balaban J connectivity index is 0.00000320. The first-order chi connectivity index (χ1) is 13.9. The third kappa shape index (κ3) is 5.97. The number of aromatic nitrogens is 1. The summed E-state index contributed by atoms with van der Waals surface area (Å²) in [6.07, 6.45) is 0.899. The molecule has 0 N–H and O–H groups in total. The quantitative estimate of drug-likeness (QED) is 0.381. The van der Waals surface area contributed by atoms with Gasteiger partial charge >= 0.3 is 0 Å². The summed E-state index contributed by atoms with van der Waals surface area (Å²) in [5, 5.41) is 0.783. The van der Waals surface area contributed by atoms with E-state index < -0.39 is 0 Å². The number of carbonyl (C=O) groups is 1. The molecule has 0 fully saturated rings. The lowest BCUT2D eigenvalue weighted by atomic mass is 10.1. The molecule has 0 aliphatic rings. The maximum Gasteiger partial charge on any atom is 0.260 e. The molecule has 30 heavy (non-hydrogen) atoms. The number of aryl methyl sites for hydroxylation is 2. The van der Waals surface area contributed by atoms with Crippen LogP contribution < -0.4 is 4.90 Å². The van der Waals surface area contributed by atoms with Crippen LogP contribution in [-0.2, 0) is 0 Å². The third-order valence-corrected chi connectivity index (χ3v) is 6.77. The van der Waals surface area contributed by atoms with E-state index in [2.05, 4.69) is 58.0 Å². The summed E-state index contributed by atoms with van der Waals surface area (Å²) in [5.41, 5.74) is 4.11. The van der Waals surface area contributed by atoms with Gasteiger partial charge in [-0.05, 0) is 82.1 Å². The van der Waals surface area contributed by atoms with Crippen molar-refractivity contribution in [1.82, 2.24) is 9.88 Å². The fourth-order valence-corrected chi connectivity index (χ4v) is 5.11. The SMILES string of the molecule is CCSc1cccc(C(=O)N(CCCN(C)C)c2nc3cc(C)cc(C)c3s2)c1.Cl. The number of carbonyl (C=O) groups excluding carboxylic acids is 1. The molecule has 0 unspecified atom stereocenters. The highest BCUT2D eigenvalue weighted by atomic mass is 35.5. The molecule has 0 saturated heterocycles. The van der Waals surface area contributed by atoms with Crippen LogP contribution in [-0.4, -0.2) is 48.7 Å². The highest BCUT2D eigenvalue weighted by Gasteiger charge is 2.22.